The standard InChI is InChI=1S/C33H38Cl2N6O2/c1-20-18-41(32(43)29(36)16-25-12-13-26(34)17-28(25)35)27(8-5-9-30-21(2)38-33(37)39-30)19-40(20)31(42)15-22-10-11-23-6-3-4-7-24(23)14-22/h3-4,6-7,10-14,17,20,27,29H,5,8-9,15-16,18-19,36H2,1-2H3,(H3,37,38,39)/t20-,27+,29?/m1/s1. The van der Waals surface area contributed by atoms with Gasteiger partial charge >= 0.3 is 0 Å². The van der Waals surface area contributed by atoms with Gasteiger partial charge in [-0.3, -0.25) is 9.59 Å². The average Bonchev–Trinajstić information content (AvgIpc) is 3.30. The number of piperazine rings is 1. The van der Waals surface area contributed by atoms with E-state index in [2.05, 4.69) is 34.2 Å². The minimum atomic E-state index is -0.775. The van der Waals surface area contributed by atoms with Crippen LogP contribution in [0, 0.1) is 6.92 Å². The molecule has 1 aliphatic heterocycles. The zero-order chi connectivity index (χ0) is 30.7. The highest BCUT2D eigenvalue weighted by Crippen LogP contribution is 2.26. The molecule has 10 heteroatoms. The first-order valence-electron chi connectivity index (χ1n) is 14.7. The van der Waals surface area contributed by atoms with Gasteiger partial charge in [-0.1, -0.05) is 71.7 Å². The lowest BCUT2D eigenvalue weighted by Crippen LogP contribution is -2.63. The van der Waals surface area contributed by atoms with Gasteiger partial charge in [-0.05, 0) is 73.6 Å². The van der Waals surface area contributed by atoms with E-state index in [4.69, 9.17) is 34.7 Å². The van der Waals surface area contributed by atoms with Crippen LogP contribution in [0.4, 0.5) is 5.95 Å². The third-order valence-electron chi connectivity index (χ3n) is 8.35. The predicted octanol–water partition coefficient (Wildman–Crippen LogP) is 5.32. The maximum atomic E-state index is 13.8. The number of amides is 2. The molecule has 226 valence electrons. The van der Waals surface area contributed by atoms with E-state index in [1.807, 2.05) is 41.8 Å². The molecule has 4 aromatic rings. The number of nitrogens with zero attached hydrogens (tertiary/aromatic N) is 3. The lowest BCUT2D eigenvalue weighted by Gasteiger charge is -2.46. The fraction of sp³-hybridized carbons (Fsp3) is 0.364. The van der Waals surface area contributed by atoms with Crippen molar-refractivity contribution in [1.29, 1.82) is 0 Å². The van der Waals surface area contributed by atoms with Gasteiger partial charge in [0.1, 0.15) is 0 Å². The Balaban J connectivity index is 1.31. The molecule has 1 fully saturated rings. The van der Waals surface area contributed by atoms with Crippen LogP contribution in [0.3, 0.4) is 0 Å². The Morgan fingerprint density at radius 2 is 1.81 bits per heavy atom. The third kappa shape index (κ3) is 7.32. The largest absolute Gasteiger partial charge is 0.369 e. The number of aromatic amines is 1. The topological polar surface area (TPSA) is 121 Å². The Labute approximate surface area is 262 Å². The number of nitrogens with two attached hydrogens (primary N) is 2. The summed E-state index contributed by atoms with van der Waals surface area (Å²) in [5, 5.41) is 3.27. The first-order valence-corrected chi connectivity index (χ1v) is 15.4. The Bertz CT molecular complexity index is 1620. The molecule has 2 amide bonds. The van der Waals surface area contributed by atoms with Crippen molar-refractivity contribution in [2.75, 3.05) is 18.8 Å². The van der Waals surface area contributed by atoms with Crippen LogP contribution < -0.4 is 11.5 Å². The molecule has 0 bridgehead atoms. The molecular formula is C33H38Cl2N6O2. The lowest BCUT2D eigenvalue weighted by molar-refractivity contribution is -0.147. The molecule has 0 saturated carbocycles. The number of nitrogen functional groups attached to an aromatic ring is 1. The molecule has 0 radical (unpaired) electrons. The molecule has 8 nitrogen and oxygen atoms in total. The second-order valence-electron chi connectivity index (χ2n) is 11.5. The second-order valence-corrected chi connectivity index (χ2v) is 12.4. The van der Waals surface area contributed by atoms with Gasteiger partial charge in [0.25, 0.3) is 0 Å². The quantitative estimate of drug-likeness (QED) is 0.234. The zero-order valence-corrected chi connectivity index (χ0v) is 26.0. The van der Waals surface area contributed by atoms with Crippen molar-refractivity contribution in [2.24, 2.45) is 5.73 Å². The highest BCUT2D eigenvalue weighted by molar-refractivity contribution is 6.35. The van der Waals surface area contributed by atoms with Crippen LogP contribution in [-0.2, 0) is 28.9 Å². The summed E-state index contributed by atoms with van der Waals surface area (Å²) in [7, 11) is 0. The Hall–Kier alpha value is -3.59. The van der Waals surface area contributed by atoms with Crippen molar-refractivity contribution in [1.82, 2.24) is 19.8 Å². The van der Waals surface area contributed by atoms with Gasteiger partial charge in [0, 0.05) is 40.9 Å². The Kier molecular flexibility index (Phi) is 9.59. The van der Waals surface area contributed by atoms with Crippen molar-refractivity contribution in [3.63, 3.8) is 0 Å². The molecule has 3 atom stereocenters. The summed E-state index contributed by atoms with van der Waals surface area (Å²) in [5.41, 5.74) is 15.9. The van der Waals surface area contributed by atoms with Gasteiger partial charge in [0.2, 0.25) is 11.8 Å². The normalized spacial score (nSPS) is 17.8. The number of imidazole rings is 1. The number of aromatic nitrogens is 2. The van der Waals surface area contributed by atoms with E-state index >= 15 is 0 Å². The van der Waals surface area contributed by atoms with Crippen LogP contribution in [0.25, 0.3) is 10.8 Å². The van der Waals surface area contributed by atoms with Crippen LogP contribution in [0.2, 0.25) is 10.0 Å². The van der Waals surface area contributed by atoms with Crippen LogP contribution in [0.5, 0.6) is 0 Å². The highest BCUT2D eigenvalue weighted by atomic mass is 35.5. The molecule has 1 unspecified atom stereocenters. The number of carbonyl (C=O) groups excluding carboxylic acids is 2. The number of hydrogen-bond acceptors (Lipinski definition) is 5. The smallest absolute Gasteiger partial charge is 0.240 e. The molecule has 2 heterocycles. The minimum absolute atomic E-state index is 0.0503. The van der Waals surface area contributed by atoms with Gasteiger partial charge in [-0.2, -0.15) is 0 Å². The minimum Gasteiger partial charge on any atom is -0.369 e. The van der Waals surface area contributed by atoms with Gasteiger partial charge < -0.3 is 26.3 Å². The van der Waals surface area contributed by atoms with Gasteiger partial charge in [0.05, 0.1) is 18.2 Å². The van der Waals surface area contributed by atoms with E-state index in [9.17, 15) is 9.59 Å². The number of halogens is 2. The van der Waals surface area contributed by atoms with Crippen LogP contribution >= 0.6 is 23.2 Å². The maximum Gasteiger partial charge on any atom is 0.240 e. The van der Waals surface area contributed by atoms with Crippen LogP contribution in [0.1, 0.15) is 42.3 Å². The van der Waals surface area contributed by atoms with Crippen molar-refractivity contribution in [3.05, 3.63) is 93.2 Å². The number of fused-ring (bicyclic) bond motifs is 1. The van der Waals surface area contributed by atoms with E-state index < -0.39 is 6.04 Å². The van der Waals surface area contributed by atoms with E-state index in [0.29, 0.717) is 48.3 Å². The Morgan fingerprint density at radius 1 is 1.05 bits per heavy atom. The molecule has 0 aliphatic carbocycles. The number of aryl methyl sites for hydroxylation is 2. The summed E-state index contributed by atoms with van der Waals surface area (Å²) in [4.78, 5) is 38.7. The SMILES string of the molecule is Cc1nc(N)[nH]c1CCC[C@H]1CN(C(=O)Cc2ccc3ccccc3c2)[C@H](C)CN1C(=O)C(N)Cc1ccc(Cl)cc1Cl. The number of anilines is 1. The van der Waals surface area contributed by atoms with E-state index in [1.54, 1.807) is 18.2 Å². The van der Waals surface area contributed by atoms with Crippen molar-refractivity contribution < 1.29 is 9.59 Å². The van der Waals surface area contributed by atoms with Crippen molar-refractivity contribution >= 4 is 51.7 Å². The number of carbonyl (C=O) groups is 2. The second kappa shape index (κ2) is 13.4. The number of rotatable bonds is 9. The third-order valence-corrected chi connectivity index (χ3v) is 8.94. The average molecular weight is 622 g/mol. The van der Waals surface area contributed by atoms with E-state index in [-0.39, 0.29) is 23.9 Å². The summed E-state index contributed by atoms with van der Waals surface area (Å²) >= 11 is 12.4. The summed E-state index contributed by atoms with van der Waals surface area (Å²) in [5.74, 6) is 0.300. The first kappa shape index (κ1) is 30.9. The molecule has 1 aliphatic rings. The van der Waals surface area contributed by atoms with Crippen LogP contribution in [0.15, 0.2) is 60.7 Å². The zero-order valence-electron chi connectivity index (χ0n) is 24.5. The summed E-state index contributed by atoms with van der Waals surface area (Å²) in [6.45, 7) is 4.77. The molecule has 5 N–H and O–H groups in total. The van der Waals surface area contributed by atoms with E-state index in [0.717, 1.165) is 46.1 Å². The summed E-state index contributed by atoms with van der Waals surface area (Å²) in [6, 6.07) is 18.4. The fourth-order valence-electron chi connectivity index (χ4n) is 6.03. The van der Waals surface area contributed by atoms with Crippen LogP contribution in [-0.4, -0.2) is 62.8 Å². The molecule has 43 heavy (non-hydrogen) atoms. The lowest BCUT2D eigenvalue weighted by atomic mass is 9.97. The van der Waals surface area contributed by atoms with Gasteiger partial charge in [-0.25, -0.2) is 4.98 Å². The molecule has 1 aromatic heterocycles. The molecular weight excluding hydrogens is 583 g/mol. The number of H-pyrrole nitrogens is 1. The van der Waals surface area contributed by atoms with Crippen molar-refractivity contribution in [2.45, 2.75) is 64.1 Å². The number of hydrogen-bond donors (Lipinski definition) is 3. The summed E-state index contributed by atoms with van der Waals surface area (Å²) < 4.78 is 0. The molecule has 5 rings (SSSR count). The first-order chi connectivity index (χ1) is 20.6. The highest BCUT2D eigenvalue weighted by Gasteiger charge is 2.38. The Morgan fingerprint density at radius 3 is 2.53 bits per heavy atom. The fourth-order valence-corrected chi connectivity index (χ4v) is 6.52. The molecule has 0 spiro atoms. The molecule has 1 saturated heterocycles. The monoisotopic (exact) mass is 620 g/mol. The molecule has 3 aromatic carbocycles. The van der Waals surface area contributed by atoms with Crippen molar-refractivity contribution in [3.8, 4) is 0 Å². The van der Waals surface area contributed by atoms with E-state index in [1.165, 1.54) is 0 Å². The van der Waals surface area contributed by atoms with Gasteiger partial charge in [-0.15, -0.1) is 0 Å². The van der Waals surface area contributed by atoms with Gasteiger partial charge in [0.15, 0.2) is 5.95 Å². The number of nitrogens with one attached hydrogen (secondary N) is 1. The maximum absolute atomic E-state index is 13.8. The summed E-state index contributed by atoms with van der Waals surface area (Å²) in [6.07, 6.45) is 2.82. The predicted molar refractivity (Wildman–Crippen MR) is 173 cm³/mol. The number of benzene rings is 3.